The number of carbonyl (C=O) groups excluding carboxylic acids is 1. The Bertz CT molecular complexity index is 741. The average molecular weight is 377 g/mol. The summed E-state index contributed by atoms with van der Waals surface area (Å²) in [5.41, 5.74) is 0.775. The molecule has 0 spiro atoms. The fourth-order valence-corrected chi connectivity index (χ4v) is 3.91. The molecule has 1 atom stereocenters. The van der Waals surface area contributed by atoms with Crippen molar-refractivity contribution in [3.63, 3.8) is 0 Å². The van der Waals surface area contributed by atoms with Gasteiger partial charge in [0.15, 0.2) is 0 Å². The lowest BCUT2D eigenvalue weighted by molar-refractivity contribution is 0.0535. The van der Waals surface area contributed by atoms with Gasteiger partial charge in [0.2, 0.25) is 0 Å². The molecular weight excluding hydrogens is 356 g/mol. The number of pyridine rings is 1. The lowest BCUT2D eigenvalue weighted by atomic mass is 10.1. The average Bonchev–Trinajstić information content (AvgIpc) is 2.64. The van der Waals surface area contributed by atoms with Gasteiger partial charge >= 0.3 is 0 Å². The van der Waals surface area contributed by atoms with Crippen molar-refractivity contribution in [2.24, 2.45) is 0 Å². The number of rotatable bonds is 5. The Balaban J connectivity index is 1.71. The van der Waals surface area contributed by atoms with Gasteiger partial charge in [-0.15, -0.1) is 11.8 Å². The van der Waals surface area contributed by atoms with Crippen LogP contribution in [0.25, 0.3) is 0 Å². The molecular formula is C19H21ClN2O2S. The second-order valence-corrected chi connectivity index (χ2v) is 7.58. The van der Waals surface area contributed by atoms with Crippen LogP contribution in [0.3, 0.4) is 0 Å². The molecule has 0 bridgehead atoms. The Kier molecular flexibility index (Phi) is 6.21. The van der Waals surface area contributed by atoms with Crippen LogP contribution in [0.5, 0.6) is 5.75 Å². The highest BCUT2D eigenvalue weighted by Crippen LogP contribution is 2.27. The van der Waals surface area contributed by atoms with Crippen LogP contribution in [-0.4, -0.2) is 40.7 Å². The minimum atomic E-state index is -0.0522. The van der Waals surface area contributed by atoms with Crippen LogP contribution in [0.1, 0.15) is 30.1 Å². The molecule has 2 heterocycles. The maximum atomic E-state index is 13.0. The number of benzene rings is 1. The predicted octanol–water partition coefficient (Wildman–Crippen LogP) is 4.53. The summed E-state index contributed by atoms with van der Waals surface area (Å²) in [5.74, 6) is 1.64. The molecule has 0 saturated carbocycles. The van der Waals surface area contributed by atoms with E-state index in [0.717, 1.165) is 35.6 Å². The summed E-state index contributed by atoms with van der Waals surface area (Å²) in [6, 6.07) is 9.57. The predicted molar refractivity (Wildman–Crippen MR) is 102 cm³/mol. The Morgan fingerprint density at radius 1 is 1.40 bits per heavy atom. The number of thioether (sulfide) groups is 1. The van der Waals surface area contributed by atoms with Gasteiger partial charge in [-0.05, 0) is 30.7 Å². The number of hydrogen-bond acceptors (Lipinski definition) is 4. The molecule has 4 nitrogen and oxygen atoms in total. The van der Waals surface area contributed by atoms with E-state index in [2.05, 4.69) is 11.9 Å². The van der Waals surface area contributed by atoms with Crippen LogP contribution in [-0.2, 0) is 0 Å². The molecule has 0 N–H and O–H groups in total. The van der Waals surface area contributed by atoms with Crippen molar-refractivity contribution in [2.45, 2.75) is 30.8 Å². The van der Waals surface area contributed by atoms with E-state index in [0.29, 0.717) is 17.3 Å². The van der Waals surface area contributed by atoms with Crippen molar-refractivity contribution in [2.75, 3.05) is 18.8 Å². The quantitative estimate of drug-likeness (QED) is 0.719. The summed E-state index contributed by atoms with van der Waals surface area (Å²) >= 11 is 7.82. The molecule has 1 saturated heterocycles. The number of halogens is 1. The highest BCUT2D eigenvalue weighted by atomic mass is 35.5. The fourth-order valence-electron chi connectivity index (χ4n) is 2.95. The lowest BCUT2D eigenvalue weighted by Crippen LogP contribution is -2.44. The van der Waals surface area contributed by atoms with Gasteiger partial charge in [0, 0.05) is 29.9 Å². The molecule has 0 radical (unpaired) electrons. The summed E-state index contributed by atoms with van der Waals surface area (Å²) in [5, 5.41) is 0.496. The first kappa shape index (κ1) is 18.1. The standard InChI is InChI=1S/C19H21ClN2O2S/c1-2-25-18-8-4-3-7-15(18)19(23)22-11-5-6-14(13-22)24-17-9-10-21-12-16(17)20/h3-4,7-10,12,14H,2,5-6,11,13H2,1H3. The molecule has 1 unspecified atom stereocenters. The van der Waals surface area contributed by atoms with Crippen LogP contribution in [0.15, 0.2) is 47.6 Å². The summed E-state index contributed by atoms with van der Waals surface area (Å²) in [6.45, 7) is 3.42. The number of carbonyl (C=O) groups is 1. The molecule has 1 amide bonds. The molecule has 25 heavy (non-hydrogen) atoms. The van der Waals surface area contributed by atoms with Crippen LogP contribution >= 0.6 is 23.4 Å². The Morgan fingerprint density at radius 2 is 2.24 bits per heavy atom. The van der Waals surface area contributed by atoms with Crippen LogP contribution in [0.2, 0.25) is 5.02 Å². The highest BCUT2D eigenvalue weighted by molar-refractivity contribution is 7.99. The van der Waals surface area contributed by atoms with Gasteiger partial charge in [-0.1, -0.05) is 30.7 Å². The molecule has 0 aliphatic carbocycles. The first-order chi connectivity index (χ1) is 12.2. The van der Waals surface area contributed by atoms with E-state index in [-0.39, 0.29) is 12.0 Å². The Hall–Kier alpha value is -1.72. The molecule has 1 aliphatic rings. The molecule has 1 aromatic carbocycles. The molecule has 2 aromatic rings. The molecule has 6 heteroatoms. The molecule has 3 rings (SSSR count). The largest absolute Gasteiger partial charge is 0.487 e. The van der Waals surface area contributed by atoms with Gasteiger partial charge in [0.1, 0.15) is 16.9 Å². The first-order valence-electron chi connectivity index (χ1n) is 8.46. The maximum Gasteiger partial charge on any atom is 0.255 e. The third kappa shape index (κ3) is 4.47. The molecule has 1 aromatic heterocycles. The summed E-state index contributed by atoms with van der Waals surface area (Å²) in [4.78, 5) is 19.9. The topological polar surface area (TPSA) is 42.4 Å². The van der Waals surface area contributed by atoms with E-state index < -0.39 is 0 Å². The van der Waals surface area contributed by atoms with Crippen molar-refractivity contribution in [1.82, 2.24) is 9.88 Å². The number of aromatic nitrogens is 1. The smallest absolute Gasteiger partial charge is 0.255 e. The summed E-state index contributed by atoms with van der Waals surface area (Å²) in [6.07, 6.45) is 5.01. The van der Waals surface area contributed by atoms with Gasteiger partial charge in [-0.25, -0.2) is 0 Å². The van der Waals surface area contributed by atoms with E-state index in [1.54, 1.807) is 30.2 Å². The van der Waals surface area contributed by atoms with Crippen LogP contribution in [0.4, 0.5) is 0 Å². The molecule has 132 valence electrons. The van der Waals surface area contributed by atoms with E-state index >= 15 is 0 Å². The Labute approximate surface area is 157 Å². The van der Waals surface area contributed by atoms with E-state index in [4.69, 9.17) is 16.3 Å². The van der Waals surface area contributed by atoms with Gasteiger partial charge < -0.3 is 9.64 Å². The van der Waals surface area contributed by atoms with E-state index in [1.807, 2.05) is 29.2 Å². The van der Waals surface area contributed by atoms with Crippen molar-refractivity contribution in [3.8, 4) is 5.75 Å². The first-order valence-corrected chi connectivity index (χ1v) is 9.82. The van der Waals surface area contributed by atoms with Gasteiger partial charge in [0.25, 0.3) is 5.91 Å². The number of likely N-dealkylation sites (tertiary alicyclic amines) is 1. The maximum absolute atomic E-state index is 13.0. The third-order valence-electron chi connectivity index (χ3n) is 4.11. The number of hydrogen-bond donors (Lipinski definition) is 0. The second kappa shape index (κ2) is 8.59. The van der Waals surface area contributed by atoms with Gasteiger partial charge in [0.05, 0.1) is 12.1 Å². The normalized spacial score (nSPS) is 17.4. The number of ether oxygens (including phenoxy) is 1. The van der Waals surface area contributed by atoms with Crippen molar-refractivity contribution in [1.29, 1.82) is 0 Å². The lowest BCUT2D eigenvalue weighted by Gasteiger charge is -2.33. The fraction of sp³-hybridized carbons (Fsp3) is 0.368. The minimum Gasteiger partial charge on any atom is -0.487 e. The van der Waals surface area contributed by atoms with Crippen molar-refractivity contribution < 1.29 is 9.53 Å². The van der Waals surface area contributed by atoms with Crippen molar-refractivity contribution in [3.05, 3.63) is 53.3 Å². The SMILES string of the molecule is CCSc1ccccc1C(=O)N1CCCC(Oc2ccncc2Cl)C1. The van der Waals surface area contributed by atoms with Crippen LogP contribution < -0.4 is 4.74 Å². The Morgan fingerprint density at radius 3 is 3.04 bits per heavy atom. The van der Waals surface area contributed by atoms with Gasteiger partial charge in [-0.3, -0.25) is 9.78 Å². The minimum absolute atomic E-state index is 0.0522. The zero-order chi connectivity index (χ0) is 17.6. The van der Waals surface area contributed by atoms with Crippen LogP contribution in [0, 0.1) is 0 Å². The monoisotopic (exact) mass is 376 g/mol. The molecule has 1 fully saturated rings. The highest BCUT2D eigenvalue weighted by Gasteiger charge is 2.27. The van der Waals surface area contributed by atoms with E-state index in [9.17, 15) is 4.79 Å². The third-order valence-corrected chi connectivity index (χ3v) is 5.35. The summed E-state index contributed by atoms with van der Waals surface area (Å²) < 4.78 is 6.01. The molecule has 1 aliphatic heterocycles. The number of piperidine rings is 1. The number of amides is 1. The van der Waals surface area contributed by atoms with Gasteiger partial charge in [-0.2, -0.15) is 0 Å². The zero-order valence-corrected chi connectivity index (χ0v) is 15.7. The van der Waals surface area contributed by atoms with Crippen molar-refractivity contribution >= 4 is 29.3 Å². The zero-order valence-electron chi connectivity index (χ0n) is 14.2. The second-order valence-electron chi connectivity index (χ2n) is 5.87. The summed E-state index contributed by atoms with van der Waals surface area (Å²) in [7, 11) is 0. The van der Waals surface area contributed by atoms with E-state index in [1.165, 1.54) is 0 Å². The number of nitrogens with zero attached hydrogens (tertiary/aromatic N) is 2.